The summed E-state index contributed by atoms with van der Waals surface area (Å²) in [7, 11) is 1.59. The number of ether oxygens (including phenoxy) is 2. The lowest BCUT2D eigenvalue weighted by molar-refractivity contribution is 0.284. The predicted molar refractivity (Wildman–Crippen MR) is 104 cm³/mol. The number of aromatic amines is 1. The molecule has 0 amide bonds. The smallest absolute Gasteiger partial charge is 0.214 e. The Kier molecular flexibility index (Phi) is 5.80. The van der Waals surface area contributed by atoms with Crippen LogP contribution in [0, 0.1) is 11.7 Å². The van der Waals surface area contributed by atoms with E-state index in [0.717, 1.165) is 11.1 Å². The van der Waals surface area contributed by atoms with Crippen LogP contribution in [0.25, 0.3) is 0 Å². The summed E-state index contributed by atoms with van der Waals surface area (Å²) >= 11 is 11.5. The van der Waals surface area contributed by atoms with Crippen molar-refractivity contribution in [3.63, 3.8) is 0 Å². The largest absolute Gasteiger partial charge is 0.493 e. The summed E-state index contributed by atoms with van der Waals surface area (Å²) in [6, 6.07) is 11.9. The van der Waals surface area contributed by atoms with Gasteiger partial charge in [-0.15, -0.1) is 0 Å². The molecule has 2 aromatic carbocycles. The van der Waals surface area contributed by atoms with Crippen molar-refractivity contribution < 1.29 is 9.47 Å². The summed E-state index contributed by atoms with van der Waals surface area (Å²) in [5, 5.41) is 7.03. The van der Waals surface area contributed by atoms with Crippen molar-refractivity contribution in [2.24, 2.45) is 0 Å². The summed E-state index contributed by atoms with van der Waals surface area (Å²) in [4.78, 5) is 0. The number of aromatic nitrogens is 3. The number of methoxy groups -OCH3 is 1. The third-order valence-corrected chi connectivity index (χ3v) is 4.33. The maximum absolute atomic E-state index is 6.42. The monoisotopic (exact) mass is 390 g/mol. The van der Waals surface area contributed by atoms with Crippen molar-refractivity contribution >= 4 is 23.8 Å². The van der Waals surface area contributed by atoms with Crippen LogP contribution in [-0.2, 0) is 13.2 Å². The number of aryl methyl sites for hydroxylation is 1. The lowest BCUT2D eigenvalue weighted by Crippen LogP contribution is -2.13. The van der Waals surface area contributed by atoms with E-state index in [2.05, 4.69) is 21.7 Å². The minimum atomic E-state index is 0.416. The molecule has 0 fully saturated rings. The van der Waals surface area contributed by atoms with Crippen molar-refractivity contribution in [1.29, 1.82) is 0 Å². The number of hydrogen-bond donors (Lipinski definition) is 2. The molecule has 3 rings (SSSR count). The van der Waals surface area contributed by atoms with Gasteiger partial charge in [-0.1, -0.05) is 41.4 Å². The molecule has 1 heterocycles. The van der Waals surface area contributed by atoms with Gasteiger partial charge in [0.1, 0.15) is 12.9 Å². The summed E-state index contributed by atoms with van der Waals surface area (Å²) in [6.45, 7) is 2.97. The maximum atomic E-state index is 6.42. The summed E-state index contributed by atoms with van der Waals surface area (Å²) < 4.78 is 13.5. The second-order valence-electron chi connectivity index (χ2n) is 5.75. The van der Waals surface area contributed by atoms with Crippen LogP contribution in [0.5, 0.6) is 11.5 Å². The van der Waals surface area contributed by atoms with Crippen molar-refractivity contribution in [3.05, 3.63) is 69.2 Å². The molecule has 0 atom stereocenters. The quantitative estimate of drug-likeness (QED) is 0.591. The summed E-state index contributed by atoms with van der Waals surface area (Å²) in [5.41, 5.74) is 6.32. The van der Waals surface area contributed by atoms with Gasteiger partial charge in [0.05, 0.1) is 18.7 Å². The molecule has 26 heavy (non-hydrogen) atoms. The molecule has 2 N–H and O–H groups in total. The normalized spacial score (nSPS) is 10.6. The maximum Gasteiger partial charge on any atom is 0.214 e. The van der Waals surface area contributed by atoms with Crippen molar-refractivity contribution in [2.75, 3.05) is 12.5 Å². The highest BCUT2D eigenvalue weighted by Crippen LogP contribution is 2.37. The van der Waals surface area contributed by atoms with E-state index in [-0.39, 0.29) is 0 Å². The van der Waals surface area contributed by atoms with Crippen LogP contribution in [0.1, 0.15) is 16.7 Å². The first-order valence-corrected chi connectivity index (χ1v) is 8.76. The Hall–Kier alpha value is -2.51. The van der Waals surface area contributed by atoms with Gasteiger partial charge in [-0.25, -0.2) is 4.68 Å². The lowest BCUT2D eigenvalue weighted by atomic mass is 10.1. The van der Waals surface area contributed by atoms with Crippen LogP contribution in [0.15, 0.2) is 42.7 Å². The second-order valence-corrected chi connectivity index (χ2v) is 6.55. The standard InChI is InChI=1S/C18H19ClN4O2S/c1-12-4-3-5-13(6-12)10-25-17-15(19)7-14(8-16(17)24-2)9-21-23-11-20-22-18(23)26/h3-8,11,21H,9-10H2,1-2H3,(H,22,26). The molecule has 0 aliphatic heterocycles. The van der Waals surface area contributed by atoms with E-state index < -0.39 is 0 Å². The fourth-order valence-electron chi connectivity index (χ4n) is 2.51. The predicted octanol–water partition coefficient (Wildman–Crippen LogP) is 4.23. The number of benzene rings is 2. The van der Waals surface area contributed by atoms with Crippen molar-refractivity contribution in [1.82, 2.24) is 14.9 Å². The Morgan fingerprint density at radius 2 is 2.12 bits per heavy atom. The number of hydrogen-bond acceptors (Lipinski definition) is 5. The van der Waals surface area contributed by atoms with Gasteiger partial charge in [-0.3, -0.25) is 5.10 Å². The van der Waals surface area contributed by atoms with E-state index in [9.17, 15) is 0 Å². The summed E-state index contributed by atoms with van der Waals surface area (Å²) in [6.07, 6.45) is 1.57. The highest BCUT2D eigenvalue weighted by atomic mass is 35.5. The molecule has 0 unspecified atom stereocenters. The molecule has 0 radical (unpaired) electrons. The third kappa shape index (κ3) is 4.36. The van der Waals surface area contributed by atoms with E-state index in [4.69, 9.17) is 33.3 Å². The molecule has 6 nitrogen and oxygen atoms in total. The molecule has 3 aromatic rings. The average molecular weight is 391 g/mol. The SMILES string of the molecule is COc1cc(CNn2cn[nH]c2=S)cc(Cl)c1OCc1cccc(C)c1. The number of H-pyrrole nitrogens is 1. The number of nitrogens with one attached hydrogen (secondary N) is 2. The fraction of sp³-hybridized carbons (Fsp3) is 0.222. The Bertz CT molecular complexity index is 954. The first-order chi connectivity index (χ1) is 12.6. The molecule has 0 spiro atoms. The van der Waals surface area contributed by atoms with Crippen LogP contribution in [0.3, 0.4) is 0 Å². The Morgan fingerprint density at radius 1 is 1.27 bits per heavy atom. The van der Waals surface area contributed by atoms with Gasteiger partial charge in [0.25, 0.3) is 0 Å². The highest BCUT2D eigenvalue weighted by Gasteiger charge is 2.12. The van der Waals surface area contributed by atoms with Gasteiger partial charge in [0.15, 0.2) is 11.5 Å². The second kappa shape index (κ2) is 8.25. The molecule has 0 aliphatic rings. The van der Waals surface area contributed by atoms with Gasteiger partial charge in [0.2, 0.25) is 4.77 Å². The van der Waals surface area contributed by atoms with Gasteiger partial charge >= 0.3 is 0 Å². The zero-order valence-corrected chi connectivity index (χ0v) is 16.0. The van der Waals surface area contributed by atoms with Crippen LogP contribution in [0.2, 0.25) is 5.02 Å². The van der Waals surface area contributed by atoms with Gasteiger partial charge < -0.3 is 14.9 Å². The van der Waals surface area contributed by atoms with E-state index >= 15 is 0 Å². The van der Waals surface area contributed by atoms with Crippen molar-refractivity contribution in [2.45, 2.75) is 20.1 Å². The van der Waals surface area contributed by atoms with Crippen LogP contribution < -0.4 is 14.9 Å². The first-order valence-electron chi connectivity index (χ1n) is 7.97. The zero-order chi connectivity index (χ0) is 18.5. The fourth-order valence-corrected chi connectivity index (χ4v) is 2.96. The van der Waals surface area contributed by atoms with E-state index in [1.807, 2.05) is 37.3 Å². The topological polar surface area (TPSA) is 64.1 Å². The number of nitrogens with zero attached hydrogens (tertiary/aromatic N) is 2. The Balaban J connectivity index is 1.74. The van der Waals surface area contributed by atoms with E-state index in [1.54, 1.807) is 18.1 Å². The molecule has 0 saturated heterocycles. The zero-order valence-electron chi connectivity index (χ0n) is 14.5. The van der Waals surface area contributed by atoms with Gasteiger partial charge in [0, 0.05) is 0 Å². The Labute approximate surface area is 161 Å². The van der Waals surface area contributed by atoms with E-state index in [1.165, 1.54) is 5.56 Å². The number of rotatable bonds is 7. The molecular formula is C18H19ClN4O2S. The lowest BCUT2D eigenvalue weighted by Gasteiger charge is -2.15. The Morgan fingerprint density at radius 3 is 2.81 bits per heavy atom. The van der Waals surface area contributed by atoms with Gasteiger partial charge in [-0.05, 0) is 42.4 Å². The van der Waals surface area contributed by atoms with Gasteiger partial charge in [-0.2, -0.15) is 5.10 Å². The minimum Gasteiger partial charge on any atom is -0.493 e. The van der Waals surface area contributed by atoms with Crippen molar-refractivity contribution in [3.8, 4) is 11.5 Å². The van der Waals surface area contributed by atoms with Crippen LogP contribution in [0.4, 0.5) is 0 Å². The minimum absolute atomic E-state index is 0.416. The third-order valence-electron chi connectivity index (χ3n) is 3.76. The highest BCUT2D eigenvalue weighted by molar-refractivity contribution is 7.71. The van der Waals surface area contributed by atoms with E-state index in [0.29, 0.717) is 34.4 Å². The molecule has 0 saturated carbocycles. The van der Waals surface area contributed by atoms with Crippen LogP contribution in [-0.4, -0.2) is 22.0 Å². The molecule has 1 aromatic heterocycles. The average Bonchev–Trinajstić information content (AvgIpc) is 3.03. The molecule has 0 aliphatic carbocycles. The molecule has 136 valence electrons. The number of halogens is 1. The summed E-state index contributed by atoms with van der Waals surface area (Å²) in [5.74, 6) is 1.11. The molecule has 0 bridgehead atoms. The molecular weight excluding hydrogens is 372 g/mol. The van der Waals surface area contributed by atoms with Crippen LogP contribution >= 0.6 is 23.8 Å². The first kappa shape index (κ1) is 18.3. The molecule has 8 heteroatoms.